The maximum atomic E-state index is 6.11. The zero-order valence-electron chi connectivity index (χ0n) is 15.0. The fourth-order valence-corrected chi connectivity index (χ4v) is 2.81. The molecule has 0 bridgehead atoms. The van der Waals surface area contributed by atoms with Crippen LogP contribution in [0.4, 0.5) is 0 Å². The summed E-state index contributed by atoms with van der Waals surface area (Å²) in [6.45, 7) is 0.700. The molecule has 0 radical (unpaired) electrons. The summed E-state index contributed by atoms with van der Waals surface area (Å²) in [6, 6.07) is 19.6. The second kappa shape index (κ2) is 7.93. The summed E-state index contributed by atoms with van der Waals surface area (Å²) < 4.78 is 11.2. The Labute approximate surface area is 157 Å². The monoisotopic (exact) mass is 357 g/mol. The lowest BCUT2D eigenvalue weighted by Gasteiger charge is -2.10. The first-order chi connectivity index (χ1) is 13.3. The molecule has 5 heteroatoms. The van der Waals surface area contributed by atoms with E-state index in [4.69, 9.17) is 9.47 Å². The summed E-state index contributed by atoms with van der Waals surface area (Å²) in [4.78, 5) is 13.5. The number of nitrogens with zero attached hydrogens (tertiary/aromatic N) is 3. The van der Waals surface area contributed by atoms with Crippen LogP contribution in [0.25, 0.3) is 22.3 Å². The van der Waals surface area contributed by atoms with Crippen LogP contribution in [0, 0.1) is 0 Å². The van der Waals surface area contributed by atoms with Gasteiger partial charge in [-0.1, -0.05) is 24.3 Å². The summed E-state index contributed by atoms with van der Waals surface area (Å²) in [5, 5.41) is 0.869. The van der Waals surface area contributed by atoms with E-state index in [-0.39, 0.29) is 0 Å². The lowest BCUT2D eigenvalue weighted by Crippen LogP contribution is -1.97. The van der Waals surface area contributed by atoms with Gasteiger partial charge in [0.15, 0.2) is 5.82 Å². The molecule has 0 saturated heterocycles. The van der Waals surface area contributed by atoms with Gasteiger partial charge in [0.05, 0.1) is 17.5 Å². The van der Waals surface area contributed by atoms with Crippen LogP contribution < -0.4 is 4.74 Å². The van der Waals surface area contributed by atoms with Crippen LogP contribution in [-0.2, 0) is 11.2 Å². The van der Waals surface area contributed by atoms with Crippen LogP contribution in [-0.4, -0.2) is 28.7 Å². The maximum absolute atomic E-state index is 6.11. The molecule has 0 saturated carbocycles. The third-order valence-electron chi connectivity index (χ3n) is 4.22. The molecule has 0 atom stereocenters. The smallest absolute Gasteiger partial charge is 0.230 e. The van der Waals surface area contributed by atoms with Gasteiger partial charge in [0.2, 0.25) is 5.88 Å². The van der Waals surface area contributed by atoms with Gasteiger partial charge in [0.1, 0.15) is 5.75 Å². The van der Waals surface area contributed by atoms with E-state index >= 15 is 0 Å². The average molecular weight is 357 g/mol. The van der Waals surface area contributed by atoms with Crippen LogP contribution in [0.3, 0.4) is 0 Å². The average Bonchev–Trinajstić information content (AvgIpc) is 2.74. The molecular formula is C22H19N3O2. The second-order valence-corrected chi connectivity index (χ2v) is 6.10. The van der Waals surface area contributed by atoms with Crippen molar-refractivity contribution in [3.05, 3.63) is 78.6 Å². The van der Waals surface area contributed by atoms with E-state index in [2.05, 4.69) is 15.0 Å². The first-order valence-corrected chi connectivity index (χ1v) is 8.76. The van der Waals surface area contributed by atoms with Crippen molar-refractivity contribution in [2.45, 2.75) is 6.42 Å². The van der Waals surface area contributed by atoms with E-state index in [1.807, 2.05) is 60.7 Å². The first kappa shape index (κ1) is 17.1. The summed E-state index contributed by atoms with van der Waals surface area (Å²) in [7, 11) is 1.71. The molecule has 2 heterocycles. The normalized spacial score (nSPS) is 10.9. The van der Waals surface area contributed by atoms with Gasteiger partial charge in [0, 0.05) is 25.1 Å². The van der Waals surface area contributed by atoms with E-state index in [1.54, 1.807) is 19.5 Å². The molecule has 0 amide bonds. The number of benzene rings is 2. The number of para-hydroxylation sites is 1. The van der Waals surface area contributed by atoms with E-state index in [9.17, 15) is 0 Å². The van der Waals surface area contributed by atoms with Crippen molar-refractivity contribution in [1.82, 2.24) is 15.0 Å². The predicted molar refractivity (Wildman–Crippen MR) is 105 cm³/mol. The first-order valence-electron chi connectivity index (χ1n) is 8.76. The van der Waals surface area contributed by atoms with Gasteiger partial charge < -0.3 is 9.47 Å². The minimum absolute atomic E-state index is 0.532. The minimum atomic E-state index is 0.532. The van der Waals surface area contributed by atoms with Gasteiger partial charge in [-0.25, -0.2) is 4.98 Å². The molecule has 0 aliphatic rings. The van der Waals surface area contributed by atoms with Crippen molar-refractivity contribution in [1.29, 1.82) is 0 Å². The largest absolute Gasteiger partial charge is 0.438 e. The third-order valence-corrected chi connectivity index (χ3v) is 4.22. The molecule has 27 heavy (non-hydrogen) atoms. The van der Waals surface area contributed by atoms with Crippen LogP contribution in [0.1, 0.15) is 5.56 Å². The van der Waals surface area contributed by atoms with Gasteiger partial charge in [-0.2, -0.15) is 4.98 Å². The zero-order valence-corrected chi connectivity index (χ0v) is 15.0. The van der Waals surface area contributed by atoms with Crippen molar-refractivity contribution in [2.24, 2.45) is 0 Å². The van der Waals surface area contributed by atoms with Gasteiger partial charge >= 0.3 is 0 Å². The Morgan fingerprint density at radius 3 is 2.52 bits per heavy atom. The molecule has 4 rings (SSSR count). The number of fused-ring (bicyclic) bond motifs is 1. The fraction of sp³-hybridized carbons (Fsp3) is 0.136. The summed E-state index contributed by atoms with van der Waals surface area (Å²) in [5.41, 5.74) is 2.88. The van der Waals surface area contributed by atoms with Gasteiger partial charge in [-0.05, 0) is 48.4 Å². The highest BCUT2D eigenvalue weighted by molar-refractivity contribution is 5.85. The van der Waals surface area contributed by atoms with Crippen LogP contribution in [0.15, 0.2) is 73.1 Å². The molecule has 4 aromatic rings. The number of ether oxygens (including phenoxy) is 2. The maximum Gasteiger partial charge on any atom is 0.230 e. The van der Waals surface area contributed by atoms with Gasteiger partial charge in [0.25, 0.3) is 0 Å². The summed E-state index contributed by atoms with van der Waals surface area (Å²) in [6.07, 6.45) is 4.35. The number of rotatable bonds is 6. The van der Waals surface area contributed by atoms with Crippen molar-refractivity contribution in [3.8, 4) is 23.0 Å². The summed E-state index contributed by atoms with van der Waals surface area (Å²) in [5.74, 6) is 1.86. The molecule has 5 nitrogen and oxygen atoms in total. The summed E-state index contributed by atoms with van der Waals surface area (Å²) >= 11 is 0. The SMILES string of the molecule is COCCc1ccc(Oc2nc(-c3cccnc3)nc3ccccc23)cc1. The van der Waals surface area contributed by atoms with E-state index < -0.39 is 0 Å². The molecule has 0 N–H and O–H groups in total. The number of pyridine rings is 1. The lowest BCUT2D eigenvalue weighted by atomic mass is 10.1. The topological polar surface area (TPSA) is 57.1 Å². The van der Waals surface area contributed by atoms with Crippen molar-refractivity contribution in [3.63, 3.8) is 0 Å². The van der Waals surface area contributed by atoms with E-state index in [1.165, 1.54) is 5.56 Å². The third kappa shape index (κ3) is 3.93. The molecular weight excluding hydrogens is 338 g/mol. The van der Waals surface area contributed by atoms with E-state index in [0.717, 1.165) is 28.6 Å². The molecule has 134 valence electrons. The molecule has 0 unspecified atom stereocenters. The fourth-order valence-electron chi connectivity index (χ4n) is 2.81. The number of hydrogen-bond donors (Lipinski definition) is 0. The van der Waals surface area contributed by atoms with Gasteiger partial charge in [-0.15, -0.1) is 0 Å². The molecule has 2 aromatic heterocycles. The van der Waals surface area contributed by atoms with Crippen molar-refractivity contribution >= 4 is 10.9 Å². The quantitative estimate of drug-likeness (QED) is 0.502. The number of methoxy groups -OCH3 is 1. The molecule has 0 aliphatic heterocycles. The van der Waals surface area contributed by atoms with Crippen LogP contribution in [0.5, 0.6) is 11.6 Å². The van der Waals surface area contributed by atoms with Crippen LogP contribution >= 0.6 is 0 Å². The highest BCUT2D eigenvalue weighted by Crippen LogP contribution is 2.30. The second-order valence-electron chi connectivity index (χ2n) is 6.10. The Bertz CT molecular complexity index is 1030. The standard InChI is InChI=1S/C22H19N3O2/c1-26-14-12-16-8-10-18(11-9-16)27-22-19-6-2-3-7-20(19)24-21(25-22)17-5-4-13-23-15-17/h2-11,13,15H,12,14H2,1H3. The Balaban J connectivity index is 1.70. The Kier molecular flexibility index (Phi) is 5.03. The van der Waals surface area contributed by atoms with Crippen molar-refractivity contribution in [2.75, 3.05) is 13.7 Å². The molecule has 0 spiro atoms. The molecule has 0 fully saturated rings. The van der Waals surface area contributed by atoms with Gasteiger partial charge in [-0.3, -0.25) is 4.98 Å². The minimum Gasteiger partial charge on any atom is -0.438 e. The number of hydrogen-bond acceptors (Lipinski definition) is 5. The Morgan fingerprint density at radius 2 is 1.74 bits per heavy atom. The Hall–Kier alpha value is -3.31. The lowest BCUT2D eigenvalue weighted by molar-refractivity contribution is 0.202. The highest BCUT2D eigenvalue weighted by Gasteiger charge is 2.11. The number of aromatic nitrogens is 3. The van der Waals surface area contributed by atoms with E-state index in [0.29, 0.717) is 18.3 Å². The highest BCUT2D eigenvalue weighted by atomic mass is 16.5. The molecule has 2 aromatic carbocycles. The van der Waals surface area contributed by atoms with Crippen molar-refractivity contribution < 1.29 is 9.47 Å². The Morgan fingerprint density at radius 1 is 0.889 bits per heavy atom. The van der Waals surface area contributed by atoms with Crippen LogP contribution in [0.2, 0.25) is 0 Å². The zero-order chi connectivity index (χ0) is 18.5. The molecule has 0 aliphatic carbocycles. The predicted octanol–water partition coefficient (Wildman–Crippen LogP) is 4.67.